The Morgan fingerprint density at radius 1 is 1.55 bits per heavy atom. The van der Waals surface area contributed by atoms with Gasteiger partial charge in [-0.15, -0.1) is 0 Å². The van der Waals surface area contributed by atoms with Gasteiger partial charge in [0.05, 0.1) is 0 Å². The average Bonchev–Trinajstić information content (AvgIpc) is 2.05. The molecule has 0 spiro atoms. The van der Waals surface area contributed by atoms with Gasteiger partial charge in [0.2, 0.25) is 0 Å². The van der Waals surface area contributed by atoms with Crippen molar-refractivity contribution in [2.75, 3.05) is 26.2 Å². The predicted molar refractivity (Wildman–Crippen MR) is 46.5 cm³/mol. The summed E-state index contributed by atoms with van der Waals surface area (Å²) in [6.45, 7) is 8.22. The fourth-order valence-electron chi connectivity index (χ4n) is 1.75. The van der Waals surface area contributed by atoms with Gasteiger partial charge in [-0.1, -0.05) is 13.8 Å². The number of rotatable bonds is 2. The zero-order valence-electron chi connectivity index (χ0n) is 7.58. The number of piperidine rings is 1. The van der Waals surface area contributed by atoms with Crippen molar-refractivity contribution in [1.82, 2.24) is 4.90 Å². The quantitative estimate of drug-likeness (QED) is 0.645. The number of likely N-dealkylation sites (tertiary alicyclic amines) is 1. The molecule has 1 fully saturated rings. The Labute approximate surface area is 69.2 Å². The largest absolute Gasteiger partial charge is 0.396 e. The fraction of sp³-hybridized carbons (Fsp3) is 1.00. The van der Waals surface area contributed by atoms with Crippen LogP contribution < -0.4 is 0 Å². The summed E-state index contributed by atoms with van der Waals surface area (Å²) in [4.78, 5) is 2.42. The second-order valence-electron chi connectivity index (χ2n) is 3.60. The van der Waals surface area contributed by atoms with Crippen LogP contribution in [0, 0.1) is 11.8 Å². The molecular weight excluding hydrogens is 138 g/mol. The second-order valence-corrected chi connectivity index (χ2v) is 3.60. The van der Waals surface area contributed by atoms with Crippen LogP contribution in [0.3, 0.4) is 0 Å². The Bertz CT molecular complexity index is 116. The SMILES string of the molecule is CCN1CCC(C)C(CO)C1. The molecule has 1 aliphatic heterocycles. The number of nitrogens with zero attached hydrogens (tertiary/aromatic N) is 1. The van der Waals surface area contributed by atoms with Crippen LogP contribution in [-0.2, 0) is 0 Å². The van der Waals surface area contributed by atoms with Crippen LogP contribution in [0.15, 0.2) is 0 Å². The minimum atomic E-state index is 0.359. The van der Waals surface area contributed by atoms with Gasteiger partial charge in [0.25, 0.3) is 0 Å². The number of aliphatic hydroxyl groups excluding tert-OH is 1. The van der Waals surface area contributed by atoms with Crippen LogP contribution in [0.2, 0.25) is 0 Å². The number of aliphatic hydroxyl groups is 1. The van der Waals surface area contributed by atoms with E-state index in [4.69, 9.17) is 5.11 Å². The van der Waals surface area contributed by atoms with Crippen LogP contribution in [0.5, 0.6) is 0 Å². The fourth-order valence-corrected chi connectivity index (χ4v) is 1.75. The summed E-state index contributed by atoms with van der Waals surface area (Å²) >= 11 is 0. The van der Waals surface area contributed by atoms with Crippen molar-refractivity contribution in [3.05, 3.63) is 0 Å². The average molecular weight is 157 g/mol. The standard InChI is InChI=1S/C9H19NO/c1-3-10-5-4-8(2)9(6-10)7-11/h8-9,11H,3-7H2,1-2H3. The number of hydrogen-bond donors (Lipinski definition) is 1. The molecule has 66 valence electrons. The zero-order chi connectivity index (χ0) is 8.27. The molecule has 0 saturated carbocycles. The van der Waals surface area contributed by atoms with Gasteiger partial charge >= 0.3 is 0 Å². The molecule has 0 aliphatic carbocycles. The lowest BCUT2D eigenvalue weighted by Gasteiger charge is -2.35. The molecule has 0 bridgehead atoms. The van der Waals surface area contributed by atoms with E-state index >= 15 is 0 Å². The summed E-state index contributed by atoms with van der Waals surface area (Å²) in [6, 6.07) is 0. The lowest BCUT2D eigenvalue weighted by atomic mass is 9.88. The van der Waals surface area contributed by atoms with E-state index in [1.54, 1.807) is 0 Å². The highest BCUT2D eigenvalue weighted by molar-refractivity contribution is 4.76. The van der Waals surface area contributed by atoms with Crippen LogP contribution in [0.1, 0.15) is 20.3 Å². The molecule has 2 heteroatoms. The first-order chi connectivity index (χ1) is 5.27. The Morgan fingerprint density at radius 2 is 2.27 bits per heavy atom. The summed E-state index contributed by atoms with van der Waals surface area (Å²) in [5.74, 6) is 1.23. The van der Waals surface area contributed by atoms with Gasteiger partial charge in [0.1, 0.15) is 0 Å². The van der Waals surface area contributed by atoms with Crippen LogP contribution >= 0.6 is 0 Å². The van der Waals surface area contributed by atoms with Crippen molar-refractivity contribution in [2.45, 2.75) is 20.3 Å². The van der Waals surface area contributed by atoms with E-state index in [9.17, 15) is 0 Å². The molecule has 1 aliphatic rings. The summed E-state index contributed by atoms with van der Waals surface area (Å²) in [5.41, 5.74) is 0. The summed E-state index contributed by atoms with van der Waals surface area (Å²) in [7, 11) is 0. The first-order valence-electron chi connectivity index (χ1n) is 4.61. The molecule has 1 N–H and O–H groups in total. The second kappa shape index (κ2) is 4.07. The molecule has 2 unspecified atom stereocenters. The molecule has 2 atom stereocenters. The normalized spacial score (nSPS) is 34.1. The Kier molecular flexibility index (Phi) is 3.34. The first-order valence-corrected chi connectivity index (χ1v) is 4.61. The van der Waals surface area contributed by atoms with Crippen molar-refractivity contribution >= 4 is 0 Å². The highest BCUT2D eigenvalue weighted by Crippen LogP contribution is 2.21. The molecule has 2 nitrogen and oxygen atoms in total. The highest BCUT2D eigenvalue weighted by Gasteiger charge is 2.24. The maximum absolute atomic E-state index is 9.05. The third-order valence-electron chi connectivity index (χ3n) is 2.88. The Balaban J connectivity index is 2.37. The van der Waals surface area contributed by atoms with Crippen molar-refractivity contribution in [3.63, 3.8) is 0 Å². The topological polar surface area (TPSA) is 23.5 Å². The predicted octanol–water partition coefficient (Wildman–Crippen LogP) is 0.957. The van der Waals surface area contributed by atoms with E-state index in [-0.39, 0.29) is 0 Å². The minimum Gasteiger partial charge on any atom is -0.396 e. The van der Waals surface area contributed by atoms with Crippen LogP contribution in [0.4, 0.5) is 0 Å². The van der Waals surface area contributed by atoms with Gasteiger partial charge in [0.15, 0.2) is 0 Å². The van der Waals surface area contributed by atoms with Gasteiger partial charge < -0.3 is 10.0 Å². The van der Waals surface area contributed by atoms with Gasteiger partial charge in [-0.2, -0.15) is 0 Å². The van der Waals surface area contributed by atoms with Gasteiger partial charge in [-0.25, -0.2) is 0 Å². The number of hydrogen-bond acceptors (Lipinski definition) is 2. The van der Waals surface area contributed by atoms with Gasteiger partial charge in [-0.05, 0) is 31.3 Å². The summed E-state index contributed by atoms with van der Waals surface area (Å²) in [6.07, 6.45) is 1.25. The lowest BCUT2D eigenvalue weighted by Crippen LogP contribution is -2.40. The van der Waals surface area contributed by atoms with E-state index in [0.717, 1.165) is 13.1 Å². The first kappa shape index (κ1) is 9.01. The maximum Gasteiger partial charge on any atom is 0.0474 e. The van der Waals surface area contributed by atoms with Crippen molar-refractivity contribution in [1.29, 1.82) is 0 Å². The minimum absolute atomic E-state index is 0.359. The monoisotopic (exact) mass is 157 g/mol. The van der Waals surface area contributed by atoms with E-state index < -0.39 is 0 Å². The molecule has 0 amide bonds. The summed E-state index contributed by atoms with van der Waals surface area (Å²) in [5, 5.41) is 9.05. The van der Waals surface area contributed by atoms with Gasteiger partial charge in [-0.3, -0.25) is 0 Å². The molecule has 1 heterocycles. The Morgan fingerprint density at radius 3 is 2.82 bits per heavy atom. The van der Waals surface area contributed by atoms with Gasteiger partial charge in [0, 0.05) is 13.2 Å². The molecular formula is C9H19NO. The molecule has 0 aromatic heterocycles. The van der Waals surface area contributed by atoms with Crippen molar-refractivity contribution < 1.29 is 5.11 Å². The van der Waals surface area contributed by atoms with Crippen molar-refractivity contribution in [3.8, 4) is 0 Å². The van der Waals surface area contributed by atoms with E-state index in [2.05, 4.69) is 18.7 Å². The Hall–Kier alpha value is -0.0800. The van der Waals surface area contributed by atoms with Crippen molar-refractivity contribution in [2.24, 2.45) is 11.8 Å². The molecule has 0 aromatic carbocycles. The van der Waals surface area contributed by atoms with Crippen LogP contribution in [0.25, 0.3) is 0 Å². The van der Waals surface area contributed by atoms with Crippen LogP contribution in [-0.4, -0.2) is 36.2 Å². The third-order valence-corrected chi connectivity index (χ3v) is 2.88. The van der Waals surface area contributed by atoms with E-state index in [1.807, 2.05) is 0 Å². The third kappa shape index (κ3) is 2.17. The zero-order valence-corrected chi connectivity index (χ0v) is 7.58. The molecule has 11 heavy (non-hydrogen) atoms. The van der Waals surface area contributed by atoms with E-state index in [0.29, 0.717) is 18.4 Å². The van der Waals surface area contributed by atoms with E-state index in [1.165, 1.54) is 13.0 Å². The molecule has 1 rings (SSSR count). The molecule has 1 saturated heterocycles. The lowest BCUT2D eigenvalue weighted by molar-refractivity contribution is 0.0834. The highest BCUT2D eigenvalue weighted by atomic mass is 16.3. The molecule has 0 aromatic rings. The summed E-state index contributed by atoms with van der Waals surface area (Å²) < 4.78 is 0. The maximum atomic E-state index is 9.05. The smallest absolute Gasteiger partial charge is 0.0474 e. The molecule has 0 radical (unpaired) electrons.